The number of piperidine rings is 1. The molecule has 1 saturated heterocycles. The van der Waals surface area contributed by atoms with E-state index in [1.807, 2.05) is 6.92 Å². The third-order valence-corrected chi connectivity index (χ3v) is 3.62. The topological polar surface area (TPSA) is 49.5 Å². The zero-order valence-electron chi connectivity index (χ0n) is 9.61. The highest BCUT2D eigenvalue weighted by atomic mass is 16.3. The van der Waals surface area contributed by atoms with E-state index in [1.165, 1.54) is 0 Å². The van der Waals surface area contributed by atoms with Gasteiger partial charge in [0.15, 0.2) is 0 Å². The Balaban J connectivity index is 2.49. The molecule has 0 saturated carbocycles. The number of nitrogens with two attached hydrogens (primary N) is 1. The normalized spacial score (nSPS) is 34.1. The SMILES string of the molecule is CCC1CN(C(C)C(C)O)CCC1N. The zero-order chi connectivity index (χ0) is 10.7. The van der Waals surface area contributed by atoms with Gasteiger partial charge in [0.1, 0.15) is 0 Å². The molecule has 1 heterocycles. The van der Waals surface area contributed by atoms with Gasteiger partial charge in [-0.05, 0) is 26.2 Å². The average Bonchev–Trinajstić information content (AvgIpc) is 2.17. The minimum absolute atomic E-state index is 0.248. The molecule has 0 radical (unpaired) electrons. The predicted molar refractivity (Wildman–Crippen MR) is 59.1 cm³/mol. The molecule has 4 unspecified atom stereocenters. The number of hydrogen-bond donors (Lipinski definition) is 2. The Labute approximate surface area is 87.3 Å². The molecule has 14 heavy (non-hydrogen) atoms. The van der Waals surface area contributed by atoms with E-state index in [2.05, 4.69) is 18.7 Å². The lowest BCUT2D eigenvalue weighted by Crippen LogP contribution is -2.52. The van der Waals surface area contributed by atoms with E-state index in [0.717, 1.165) is 25.9 Å². The molecule has 1 rings (SSSR count). The van der Waals surface area contributed by atoms with E-state index in [-0.39, 0.29) is 12.1 Å². The van der Waals surface area contributed by atoms with Gasteiger partial charge in [0.2, 0.25) is 0 Å². The summed E-state index contributed by atoms with van der Waals surface area (Å²) in [6, 6.07) is 0.619. The van der Waals surface area contributed by atoms with Gasteiger partial charge in [-0.3, -0.25) is 4.90 Å². The molecule has 1 aliphatic heterocycles. The van der Waals surface area contributed by atoms with Crippen LogP contribution in [0.15, 0.2) is 0 Å². The lowest BCUT2D eigenvalue weighted by Gasteiger charge is -2.40. The van der Waals surface area contributed by atoms with E-state index in [9.17, 15) is 5.11 Å². The summed E-state index contributed by atoms with van der Waals surface area (Å²) in [5, 5.41) is 9.53. The Kier molecular flexibility index (Phi) is 4.35. The molecular weight excluding hydrogens is 176 g/mol. The van der Waals surface area contributed by atoms with Crippen LogP contribution < -0.4 is 5.73 Å². The van der Waals surface area contributed by atoms with Crippen molar-refractivity contribution in [3.8, 4) is 0 Å². The first-order valence-corrected chi connectivity index (χ1v) is 5.74. The Hall–Kier alpha value is -0.120. The van der Waals surface area contributed by atoms with Gasteiger partial charge in [0.25, 0.3) is 0 Å². The van der Waals surface area contributed by atoms with Crippen molar-refractivity contribution in [1.82, 2.24) is 4.90 Å². The van der Waals surface area contributed by atoms with Crippen LogP contribution in [-0.2, 0) is 0 Å². The quantitative estimate of drug-likeness (QED) is 0.709. The number of aliphatic hydroxyl groups excluding tert-OH is 1. The maximum Gasteiger partial charge on any atom is 0.0664 e. The Morgan fingerprint density at radius 2 is 2.14 bits per heavy atom. The van der Waals surface area contributed by atoms with Crippen molar-refractivity contribution in [3.05, 3.63) is 0 Å². The number of hydrogen-bond acceptors (Lipinski definition) is 3. The summed E-state index contributed by atoms with van der Waals surface area (Å²) in [6.45, 7) is 8.23. The second-order valence-corrected chi connectivity index (χ2v) is 4.60. The highest BCUT2D eigenvalue weighted by molar-refractivity contribution is 4.85. The van der Waals surface area contributed by atoms with Crippen LogP contribution in [-0.4, -0.2) is 41.3 Å². The highest BCUT2D eigenvalue weighted by Gasteiger charge is 2.29. The van der Waals surface area contributed by atoms with Gasteiger partial charge in [-0.15, -0.1) is 0 Å². The minimum atomic E-state index is -0.248. The standard InChI is InChI=1S/C11H24N2O/c1-4-10-7-13(6-5-11(10)12)8(2)9(3)14/h8-11,14H,4-7,12H2,1-3H3. The monoisotopic (exact) mass is 200 g/mol. The molecule has 84 valence electrons. The van der Waals surface area contributed by atoms with Gasteiger partial charge in [0, 0.05) is 25.2 Å². The van der Waals surface area contributed by atoms with Crippen molar-refractivity contribution in [2.45, 2.75) is 51.8 Å². The number of aliphatic hydroxyl groups is 1. The van der Waals surface area contributed by atoms with Crippen molar-refractivity contribution in [2.75, 3.05) is 13.1 Å². The molecule has 0 bridgehead atoms. The molecule has 0 amide bonds. The lowest BCUT2D eigenvalue weighted by molar-refractivity contribution is 0.0367. The average molecular weight is 200 g/mol. The third-order valence-electron chi connectivity index (χ3n) is 3.62. The van der Waals surface area contributed by atoms with Crippen LogP contribution in [0.4, 0.5) is 0 Å². The van der Waals surface area contributed by atoms with Crippen molar-refractivity contribution >= 4 is 0 Å². The van der Waals surface area contributed by atoms with Gasteiger partial charge in [-0.2, -0.15) is 0 Å². The van der Waals surface area contributed by atoms with E-state index in [0.29, 0.717) is 12.0 Å². The first-order valence-electron chi connectivity index (χ1n) is 5.74. The van der Waals surface area contributed by atoms with Crippen LogP contribution in [0.1, 0.15) is 33.6 Å². The summed E-state index contributed by atoms with van der Waals surface area (Å²) in [5.74, 6) is 0.602. The maximum absolute atomic E-state index is 9.53. The molecule has 0 aromatic carbocycles. The van der Waals surface area contributed by atoms with E-state index in [1.54, 1.807) is 0 Å². The summed E-state index contributed by atoms with van der Waals surface area (Å²) in [7, 11) is 0. The highest BCUT2D eigenvalue weighted by Crippen LogP contribution is 2.21. The van der Waals surface area contributed by atoms with Crippen molar-refractivity contribution < 1.29 is 5.11 Å². The van der Waals surface area contributed by atoms with Gasteiger partial charge in [0.05, 0.1) is 6.10 Å². The second kappa shape index (κ2) is 5.10. The Morgan fingerprint density at radius 1 is 1.50 bits per heavy atom. The second-order valence-electron chi connectivity index (χ2n) is 4.60. The summed E-state index contributed by atoms with van der Waals surface area (Å²) in [6.07, 6.45) is 1.96. The molecular formula is C11H24N2O. The summed E-state index contributed by atoms with van der Waals surface area (Å²) < 4.78 is 0. The molecule has 0 aromatic rings. The number of rotatable bonds is 3. The summed E-state index contributed by atoms with van der Waals surface area (Å²) in [5.41, 5.74) is 6.04. The van der Waals surface area contributed by atoms with Crippen LogP contribution in [0.2, 0.25) is 0 Å². The Bertz CT molecular complexity index is 173. The van der Waals surface area contributed by atoms with Crippen molar-refractivity contribution in [3.63, 3.8) is 0 Å². The van der Waals surface area contributed by atoms with Crippen LogP contribution >= 0.6 is 0 Å². The van der Waals surface area contributed by atoms with E-state index < -0.39 is 0 Å². The third kappa shape index (κ3) is 2.69. The van der Waals surface area contributed by atoms with Crippen molar-refractivity contribution in [1.29, 1.82) is 0 Å². The molecule has 1 aliphatic rings. The molecule has 0 spiro atoms. The molecule has 3 nitrogen and oxygen atoms in total. The molecule has 0 aromatic heterocycles. The summed E-state index contributed by atoms with van der Waals surface area (Å²) >= 11 is 0. The fourth-order valence-electron chi connectivity index (χ4n) is 2.19. The lowest BCUT2D eigenvalue weighted by atomic mass is 9.89. The minimum Gasteiger partial charge on any atom is -0.392 e. The Morgan fingerprint density at radius 3 is 2.64 bits per heavy atom. The molecule has 3 heteroatoms. The van der Waals surface area contributed by atoms with Crippen LogP contribution in [0.5, 0.6) is 0 Å². The zero-order valence-corrected chi connectivity index (χ0v) is 9.61. The smallest absolute Gasteiger partial charge is 0.0664 e. The van der Waals surface area contributed by atoms with E-state index in [4.69, 9.17) is 5.73 Å². The largest absolute Gasteiger partial charge is 0.392 e. The van der Waals surface area contributed by atoms with Crippen LogP contribution in [0.25, 0.3) is 0 Å². The molecule has 1 fully saturated rings. The molecule has 4 atom stereocenters. The fourth-order valence-corrected chi connectivity index (χ4v) is 2.19. The number of likely N-dealkylation sites (tertiary alicyclic amines) is 1. The maximum atomic E-state index is 9.53. The first-order chi connectivity index (χ1) is 6.56. The predicted octanol–water partition coefficient (Wildman–Crippen LogP) is 0.815. The molecule has 3 N–H and O–H groups in total. The van der Waals surface area contributed by atoms with Crippen LogP contribution in [0, 0.1) is 5.92 Å². The van der Waals surface area contributed by atoms with Gasteiger partial charge in [-0.1, -0.05) is 13.3 Å². The number of nitrogens with zero attached hydrogens (tertiary/aromatic N) is 1. The van der Waals surface area contributed by atoms with Gasteiger partial charge >= 0.3 is 0 Å². The van der Waals surface area contributed by atoms with Gasteiger partial charge in [-0.25, -0.2) is 0 Å². The van der Waals surface area contributed by atoms with Gasteiger partial charge < -0.3 is 10.8 Å². The van der Waals surface area contributed by atoms with E-state index >= 15 is 0 Å². The van der Waals surface area contributed by atoms with Crippen LogP contribution in [0.3, 0.4) is 0 Å². The first kappa shape index (κ1) is 12.0. The summed E-state index contributed by atoms with van der Waals surface area (Å²) in [4.78, 5) is 2.36. The fraction of sp³-hybridized carbons (Fsp3) is 1.00. The van der Waals surface area contributed by atoms with Crippen molar-refractivity contribution in [2.24, 2.45) is 11.7 Å². The molecule has 0 aliphatic carbocycles.